The van der Waals surface area contributed by atoms with Gasteiger partial charge in [-0.05, 0) is 60.5 Å². The Balaban J connectivity index is 1.51. The molecule has 1 heterocycles. The molecule has 1 atom stereocenters. The number of amides is 1. The van der Waals surface area contributed by atoms with Gasteiger partial charge in [0.05, 0.1) is 24.2 Å². The Labute approximate surface area is 214 Å². The van der Waals surface area contributed by atoms with E-state index in [0.717, 1.165) is 68.8 Å². The van der Waals surface area contributed by atoms with E-state index in [4.69, 9.17) is 10.00 Å². The van der Waals surface area contributed by atoms with Crippen LogP contribution in [0.5, 0.6) is 0 Å². The number of ether oxygens (including phenoxy) is 1. The molecule has 1 fully saturated rings. The summed E-state index contributed by atoms with van der Waals surface area (Å²) in [5.41, 5.74) is 3.14. The molecule has 1 amide bonds. The minimum atomic E-state index is -3.55. The average Bonchev–Trinajstić information content (AvgIpc) is 2.89. The number of nitriles is 1. The van der Waals surface area contributed by atoms with Gasteiger partial charge in [0.15, 0.2) is 0 Å². The fraction of sp³-hybridized carbons (Fsp3) is 0.481. The standard InChI is InChI=1S/C27H36N4O4S/c1-22(6-11-27(32)29-14-12-28)20-23-4-2-5-25(21-23)24-7-9-26(10-8-24)36(33,34)30-13-3-15-31-16-18-35-19-17-31/h2,4-5,7-10,21-22,30H,3,6,11,13-20H2,1H3,(H,29,32). The SMILES string of the molecule is CC(CCC(=O)NCC#N)Cc1cccc(-c2ccc(S(=O)(=O)NCCCN3CCOCC3)cc2)c1. The van der Waals surface area contributed by atoms with Crippen molar-refractivity contribution >= 4 is 15.9 Å². The zero-order chi connectivity index (χ0) is 25.8. The minimum absolute atomic E-state index is 0.0420. The molecule has 0 spiro atoms. The van der Waals surface area contributed by atoms with Gasteiger partial charge in [-0.15, -0.1) is 0 Å². The van der Waals surface area contributed by atoms with Crippen molar-refractivity contribution in [1.82, 2.24) is 14.9 Å². The van der Waals surface area contributed by atoms with Gasteiger partial charge >= 0.3 is 0 Å². The molecule has 1 aliphatic heterocycles. The summed E-state index contributed by atoms with van der Waals surface area (Å²) in [7, 11) is -3.55. The van der Waals surface area contributed by atoms with Crippen LogP contribution in [0.1, 0.15) is 31.7 Å². The fourth-order valence-electron chi connectivity index (χ4n) is 4.23. The summed E-state index contributed by atoms with van der Waals surface area (Å²) in [5, 5.41) is 11.1. The molecule has 8 nitrogen and oxygen atoms in total. The number of rotatable bonds is 13. The van der Waals surface area contributed by atoms with Crippen molar-refractivity contribution in [3.05, 3.63) is 54.1 Å². The van der Waals surface area contributed by atoms with E-state index in [9.17, 15) is 13.2 Å². The molecule has 9 heteroatoms. The van der Waals surface area contributed by atoms with Crippen molar-refractivity contribution in [2.75, 3.05) is 45.9 Å². The van der Waals surface area contributed by atoms with E-state index in [1.54, 1.807) is 12.1 Å². The number of sulfonamides is 1. The van der Waals surface area contributed by atoms with E-state index in [1.165, 1.54) is 0 Å². The van der Waals surface area contributed by atoms with Gasteiger partial charge in [-0.1, -0.05) is 43.3 Å². The molecule has 0 saturated carbocycles. The van der Waals surface area contributed by atoms with Gasteiger partial charge in [-0.3, -0.25) is 9.69 Å². The third-order valence-electron chi connectivity index (χ3n) is 6.28. The van der Waals surface area contributed by atoms with Gasteiger partial charge in [0.25, 0.3) is 0 Å². The van der Waals surface area contributed by atoms with Crippen molar-refractivity contribution in [2.45, 2.75) is 37.5 Å². The Bertz CT molecular complexity index is 1120. The summed E-state index contributed by atoms with van der Waals surface area (Å²) in [4.78, 5) is 14.3. The first-order chi connectivity index (χ1) is 17.4. The zero-order valence-corrected chi connectivity index (χ0v) is 21.7. The molecule has 2 aromatic carbocycles. The van der Waals surface area contributed by atoms with Crippen LogP contribution in [0, 0.1) is 17.2 Å². The molecule has 194 valence electrons. The first-order valence-electron chi connectivity index (χ1n) is 12.5. The highest BCUT2D eigenvalue weighted by atomic mass is 32.2. The van der Waals surface area contributed by atoms with E-state index < -0.39 is 10.0 Å². The number of carbonyl (C=O) groups excluding carboxylic acids is 1. The molecule has 2 aromatic rings. The van der Waals surface area contributed by atoms with Gasteiger partial charge in [0.2, 0.25) is 15.9 Å². The Morgan fingerprint density at radius 2 is 1.89 bits per heavy atom. The van der Waals surface area contributed by atoms with E-state index in [2.05, 4.69) is 34.0 Å². The molecule has 1 aliphatic rings. The lowest BCUT2D eigenvalue weighted by Gasteiger charge is -2.26. The number of morpholine rings is 1. The number of nitrogens with zero attached hydrogens (tertiary/aromatic N) is 2. The number of hydrogen-bond acceptors (Lipinski definition) is 6. The van der Waals surface area contributed by atoms with Gasteiger partial charge in [-0.2, -0.15) is 5.26 Å². The molecule has 2 N–H and O–H groups in total. The summed E-state index contributed by atoms with van der Waals surface area (Å²) < 4.78 is 33.4. The molecule has 0 aliphatic carbocycles. The first-order valence-corrected chi connectivity index (χ1v) is 14.0. The smallest absolute Gasteiger partial charge is 0.240 e. The van der Waals surface area contributed by atoms with Crippen LogP contribution in [0.25, 0.3) is 11.1 Å². The topological polar surface area (TPSA) is 112 Å². The van der Waals surface area contributed by atoms with Crippen LogP contribution < -0.4 is 10.0 Å². The summed E-state index contributed by atoms with van der Waals surface area (Å²) in [5.74, 6) is 0.216. The molecule has 1 unspecified atom stereocenters. The zero-order valence-electron chi connectivity index (χ0n) is 20.9. The molecule has 0 aromatic heterocycles. The molecule has 0 bridgehead atoms. The molecular weight excluding hydrogens is 476 g/mol. The van der Waals surface area contributed by atoms with Gasteiger partial charge in [0, 0.05) is 26.1 Å². The lowest BCUT2D eigenvalue weighted by molar-refractivity contribution is -0.121. The maximum absolute atomic E-state index is 12.7. The third kappa shape index (κ3) is 9.03. The Morgan fingerprint density at radius 3 is 2.61 bits per heavy atom. The van der Waals surface area contributed by atoms with Crippen molar-refractivity contribution < 1.29 is 17.9 Å². The highest BCUT2D eigenvalue weighted by Crippen LogP contribution is 2.24. The highest BCUT2D eigenvalue weighted by molar-refractivity contribution is 7.89. The van der Waals surface area contributed by atoms with Crippen molar-refractivity contribution in [3.8, 4) is 17.2 Å². The maximum Gasteiger partial charge on any atom is 0.240 e. The van der Waals surface area contributed by atoms with Crippen LogP contribution >= 0.6 is 0 Å². The fourth-order valence-corrected chi connectivity index (χ4v) is 5.30. The Kier molecular flexibility index (Phi) is 10.9. The largest absolute Gasteiger partial charge is 0.379 e. The van der Waals surface area contributed by atoms with Crippen LogP contribution in [0.4, 0.5) is 0 Å². The second kappa shape index (κ2) is 14.1. The number of carbonyl (C=O) groups is 1. The highest BCUT2D eigenvalue weighted by Gasteiger charge is 2.15. The van der Waals surface area contributed by atoms with Crippen LogP contribution in [-0.4, -0.2) is 65.2 Å². The molecule has 36 heavy (non-hydrogen) atoms. The van der Waals surface area contributed by atoms with Crippen molar-refractivity contribution in [1.29, 1.82) is 5.26 Å². The summed E-state index contributed by atoms with van der Waals surface area (Å²) in [6, 6.07) is 17.1. The van der Waals surface area contributed by atoms with Crippen LogP contribution in [-0.2, 0) is 26.0 Å². The summed E-state index contributed by atoms with van der Waals surface area (Å²) in [6.07, 6.45) is 2.74. The molecule has 0 radical (unpaired) electrons. The molecular formula is C27H36N4O4S. The predicted molar refractivity (Wildman–Crippen MR) is 140 cm³/mol. The number of benzene rings is 2. The quantitative estimate of drug-likeness (QED) is 0.315. The van der Waals surface area contributed by atoms with Gasteiger partial charge in [0.1, 0.15) is 6.54 Å². The maximum atomic E-state index is 12.7. The molecule has 1 saturated heterocycles. The molecule has 3 rings (SSSR count). The van der Waals surface area contributed by atoms with Crippen LogP contribution in [0.2, 0.25) is 0 Å². The van der Waals surface area contributed by atoms with Crippen molar-refractivity contribution in [3.63, 3.8) is 0 Å². The Morgan fingerprint density at radius 1 is 1.14 bits per heavy atom. The van der Waals surface area contributed by atoms with E-state index in [1.807, 2.05) is 30.3 Å². The van der Waals surface area contributed by atoms with E-state index in [-0.39, 0.29) is 17.3 Å². The second-order valence-corrected chi connectivity index (χ2v) is 11.0. The lowest BCUT2D eigenvalue weighted by Crippen LogP contribution is -2.38. The van der Waals surface area contributed by atoms with Crippen LogP contribution in [0.15, 0.2) is 53.4 Å². The van der Waals surface area contributed by atoms with Crippen molar-refractivity contribution in [2.24, 2.45) is 5.92 Å². The predicted octanol–water partition coefficient (Wildman–Crippen LogP) is 2.95. The number of nitrogens with one attached hydrogen (secondary N) is 2. The Hall–Kier alpha value is -2.77. The summed E-state index contributed by atoms with van der Waals surface area (Å²) >= 11 is 0. The van der Waals surface area contributed by atoms with E-state index in [0.29, 0.717) is 18.9 Å². The van der Waals surface area contributed by atoms with Gasteiger partial charge in [-0.25, -0.2) is 13.1 Å². The minimum Gasteiger partial charge on any atom is -0.379 e. The third-order valence-corrected chi connectivity index (χ3v) is 7.76. The lowest BCUT2D eigenvalue weighted by atomic mass is 9.94. The second-order valence-electron chi connectivity index (χ2n) is 9.21. The first kappa shape index (κ1) is 27.8. The summed E-state index contributed by atoms with van der Waals surface area (Å²) in [6.45, 7) is 6.68. The average molecular weight is 513 g/mol. The number of hydrogen-bond donors (Lipinski definition) is 2. The normalized spacial score (nSPS) is 15.2. The monoisotopic (exact) mass is 512 g/mol. The van der Waals surface area contributed by atoms with Crippen LogP contribution in [0.3, 0.4) is 0 Å². The van der Waals surface area contributed by atoms with Gasteiger partial charge < -0.3 is 10.1 Å². The van der Waals surface area contributed by atoms with E-state index >= 15 is 0 Å².